The van der Waals surface area contributed by atoms with Crippen molar-refractivity contribution in [2.75, 3.05) is 0 Å². The molecule has 0 spiro atoms. The highest BCUT2D eigenvalue weighted by molar-refractivity contribution is 9.10. The van der Waals surface area contributed by atoms with Crippen molar-refractivity contribution in [3.8, 4) is 34.1 Å². The van der Waals surface area contributed by atoms with E-state index in [4.69, 9.17) is 9.47 Å². The van der Waals surface area contributed by atoms with Gasteiger partial charge in [-0.3, -0.25) is 0 Å². The van der Waals surface area contributed by atoms with E-state index in [1.54, 1.807) is 42.5 Å². The predicted molar refractivity (Wildman–Crippen MR) is 152 cm³/mol. The SMILES string of the molecule is O=S(=O)(c1ccc(Oc2cccc(Br)c2)cc1)c1ccc(Oc2cccc(Br)c2)cc1-c1ccccc1. The summed E-state index contributed by atoms with van der Waals surface area (Å²) in [6.07, 6.45) is 0. The smallest absolute Gasteiger partial charge is 0.207 e. The molecule has 0 heterocycles. The predicted octanol–water partition coefficient (Wildman–Crippen LogP) is 9.30. The summed E-state index contributed by atoms with van der Waals surface area (Å²) >= 11 is 6.87. The minimum Gasteiger partial charge on any atom is -0.457 e. The summed E-state index contributed by atoms with van der Waals surface area (Å²) in [4.78, 5) is 0.368. The number of ether oxygens (including phenoxy) is 2. The third-order valence-electron chi connectivity index (χ3n) is 5.52. The molecule has 0 aliphatic carbocycles. The van der Waals surface area contributed by atoms with E-state index in [0.29, 0.717) is 28.6 Å². The second kappa shape index (κ2) is 10.9. The normalized spacial score (nSPS) is 11.2. The second-order valence-corrected chi connectivity index (χ2v) is 11.9. The van der Waals surface area contributed by atoms with Crippen LogP contribution in [0.4, 0.5) is 0 Å². The van der Waals surface area contributed by atoms with E-state index in [9.17, 15) is 8.42 Å². The minimum atomic E-state index is -3.84. The Morgan fingerprint density at radius 1 is 0.514 bits per heavy atom. The van der Waals surface area contributed by atoms with Gasteiger partial charge >= 0.3 is 0 Å². The Morgan fingerprint density at radius 2 is 1.05 bits per heavy atom. The molecule has 0 aliphatic rings. The Hall–Kier alpha value is -3.39. The fourth-order valence-corrected chi connectivity index (χ4v) is 6.02. The molecular formula is C30H20Br2O4S. The number of hydrogen-bond acceptors (Lipinski definition) is 4. The standard InChI is InChI=1S/C30H20Br2O4S/c31-22-8-4-10-25(18-22)35-24-12-15-28(16-13-24)37(33,34)30-17-14-27(36-26-11-5-9-23(32)19-26)20-29(30)21-6-2-1-3-7-21/h1-20H. The zero-order valence-electron chi connectivity index (χ0n) is 19.3. The van der Waals surface area contributed by atoms with Crippen molar-refractivity contribution in [2.45, 2.75) is 9.79 Å². The van der Waals surface area contributed by atoms with Crippen LogP contribution in [0.2, 0.25) is 0 Å². The van der Waals surface area contributed by atoms with Crippen LogP contribution in [0, 0.1) is 0 Å². The number of halogens is 2. The maximum absolute atomic E-state index is 13.8. The molecule has 37 heavy (non-hydrogen) atoms. The monoisotopic (exact) mass is 634 g/mol. The first-order valence-electron chi connectivity index (χ1n) is 11.3. The Balaban J connectivity index is 1.50. The zero-order chi connectivity index (χ0) is 25.8. The summed E-state index contributed by atoms with van der Waals surface area (Å²) in [6, 6.07) is 35.8. The summed E-state index contributed by atoms with van der Waals surface area (Å²) in [7, 11) is -3.84. The van der Waals surface area contributed by atoms with E-state index in [2.05, 4.69) is 31.9 Å². The van der Waals surface area contributed by atoms with Crippen molar-refractivity contribution in [1.29, 1.82) is 0 Å². The van der Waals surface area contributed by atoms with Gasteiger partial charge in [0.1, 0.15) is 23.0 Å². The number of benzene rings is 5. The molecule has 0 fully saturated rings. The molecule has 0 aliphatic heterocycles. The van der Waals surface area contributed by atoms with Gasteiger partial charge in [0.05, 0.1) is 9.79 Å². The maximum Gasteiger partial charge on any atom is 0.207 e. The fraction of sp³-hybridized carbons (Fsp3) is 0. The molecule has 4 nitrogen and oxygen atoms in total. The summed E-state index contributed by atoms with van der Waals surface area (Å²) in [6.45, 7) is 0. The van der Waals surface area contributed by atoms with Gasteiger partial charge in [-0.25, -0.2) is 8.42 Å². The molecule has 0 aromatic heterocycles. The van der Waals surface area contributed by atoms with E-state index in [0.717, 1.165) is 14.5 Å². The average molecular weight is 636 g/mol. The van der Waals surface area contributed by atoms with Crippen LogP contribution >= 0.6 is 31.9 Å². The highest BCUT2D eigenvalue weighted by Gasteiger charge is 2.23. The average Bonchev–Trinajstić information content (AvgIpc) is 2.89. The molecule has 5 aromatic carbocycles. The lowest BCUT2D eigenvalue weighted by Gasteiger charge is -2.14. The molecule has 0 N–H and O–H groups in total. The van der Waals surface area contributed by atoms with Crippen molar-refractivity contribution < 1.29 is 17.9 Å². The number of sulfone groups is 1. The molecular weight excluding hydrogens is 616 g/mol. The largest absolute Gasteiger partial charge is 0.457 e. The van der Waals surface area contributed by atoms with Crippen LogP contribution in [0.1, 0.15) is 0 Å². The lowest BCUT2D eigenvalue weighted by Crippen LogP contribution is -2.04. The van der Waals surface area contributed by atoms with Gasteiger partial charge < -0.3 is 9.47 Å². The van der Waals surface area contributed by atoms with Crippen LogP contribution in [-0.2, 0) is 9.84 Å². The quantitative estimate of drug-likeness (QED) is 0.179. The van der Waals surface area contributed by atoms with Crippen LogP contribution in [0.25, 0.3) is 11.1 Å². The molecule has 184 valence electrons. The summed E-state index contributed by atoms with van der Waals surface area (Å²) < 4.78 is 41.2. The first-order valence-corrected chi connectivity index (χ1v) is 14.4. The van der Waals surface area contributed by atoms with E-state index < -0.39 is 9.84 Å². The van der Waals surface area contributed by atoms with Crippen LogP contribution in [-0.4, -0.2) is 8.42 Å². The second-order valence-electron chi connectivity index (χ2n) is 8.12. The van der Waals surface area contributed by atoms with Gasteiger partial charge in [-0.1, -0.05) is 74.3 Å². The highest BCUT2D eigenvalue weighted by Crippen LogP contribution is 2.36. The van der Waals surface area contributed by atoms with Gasteiger partial charge in [0.25, 0.3) is 0 Å². The van der Waals surface area contributed by atoms with Crippen LogP contribution in [0.5, 0.6) is 23.0 Å². The summed E-state index contributed by atoms with van der Waals surface area (Å²) in [5.74, 6) is 2.37. The third kappa shape index (κ3) is 5.96. The zero-order valence-corrected chi connectivity index (χ0v) is 23.3. The Morgan fingerprint density at radius 3 is 1.65 bits per heavy atom. The van der Waals surface area contributed by atoms with E-state index in [-0.39, 0.29) is 9.79 Å². The lowest BCUT2D eigenvalue weighted by molar-refractivity contribution is 0.482. The molecule has 0 saturated heterocycles. The summed E-state index contributed by atoms with van der Waals surface area (Å²) in [5.41, 5.74) is 1.33. The van der Waals surface area contributed by atoms with Crippen molar-refractivity contribution >= 4 is 41.7 Å². The Bertz CT molecular complexity index is 1650. The molecule has 5 rings (SSSR count). The number of hydrogen-bond donors (Lipinski definition) is 0. The van der Waals surface area contributed by atoms with Crippen molar-refractivity contribution in [3.05, 3.63) is 130 Å². The molecule has 0 radical (unpaired) electrons. The van der Waals surface area contributed by atoms with Gasteiger partial charge in [0, 0.05) is 14.5 Å². The fourth-order valence-electron chi connectivity index (χ4n) is 3.80. The topological polar surface area (TPSA) is 52.6 Å². The Kier molecular flexibility index (Phi) is 7.46. The van der Waals surface area contributed by atoms with Crippen molar-refractivity contribution in [1.82, 2.24) is 0 Å². The minimum absolute atomic E-state index is 0.173. The number of rotatable bonds is 7. The van der Waals surface area contributed by atoms with Crippen molar-refractivity contribution in [3.63, 3.8) is 0 Å². The molecule has 0 unspecified atom stereocenters. The van der Waals surface area contributed by atoms with Crippen molar-refractivity contribution in [2.24, 2.45) is 0 Å². The van der Waals surface area contributed by atoms with E-state index in [1.165, 1.54) is 0 Å². The molecule has 0 bridgehead atoms. The van der Waals surface area contributed by atoms with Crippen LogP contribution in [0.15, 0.2) is 140 Å². The third-order valence-corrected chi connectivity index (χ3v) is 8.34. The molecule has 5 aromatic rings. The van der Waals surface area contributed by atoms with Gasteiger partial charge in [-0.2, -0.15) is 0 Å². The maximum atomic E-state index is 13.8. The van der Waals surface area contributed by atoms with Crippen LogP contribution in [0.3, 0.4) is 0 Å². The molecule has 0 amide bonds. The van der Waals surface area contributed by atoms with E-state index >= 15 is 0 Å². The Labute approximate surface area is 232 Å². The molecule has 7 heteroatoms. The lowest BCUT2D eigenvalue weighted by atomic mass is 10.1. The van der Waals surface area contributed by atoms with Crippen LogP contribution < -0.4 is 9.47 Å². The van der Waals surface area contributed by atoms with E-state index in [1.807, 2.05) is 78.9 Å². The first-order chi connectivity index (χ1) is 17.9. The highest BCUT2D eigenvalue weighted by atomic mass is 79.9. The van der Waals surface area contributed by atoms with Gasteiger partial charge in [-0.05, 0) is 84.4 Å². The first kappa shape index (κ1) is 25.3. The van der Waals surface area contributed by atoms with Gasteiger partial charge in [0.15, 0.2) is 0 Å². The molecule has 0 saturated carbocycles. The summed E-state index contributed by atoms with van der Waals surface area (Å²) in [5, 5.41) is 0. The van der Waals surface area contributed by atoms with Gasteiger partial charge in [-0.15, -0.1) is 0 Å². The molecule has 0 atom stereocenters. The van der Waals surface area contributed by atoms with Gasteiger partial charge in [0.2, 0.25) is 9.84 Å².